The van der Waals surface area contributed by atoms with Crippen LogP contribution in [-0.4, -0.2) is 48.5 Å². The van der Waals surface area contributed by atoms with E-state index in [1.165, 1.54) is 11.3 Å². The van der Waals surface area contributed by atoms with Gasteiger partial charge in [0.05, 0.1) is 31.5 Å². The Morgan fingerprint density at radius 1 is 1.52 bits per heavy atom. The molecule has 0 aromatic carbocycles. The first kappa shape index (κ1) is 17.6. The summed E-state index contributed by atoms with van der Waals surface area (Å²) in [5.41, 5.74) is 0.687. The van der Waals surface area contributed by atoms with Crippen LogP contribution in [0.4, 0.5) is 5.13 Å². The molecule has 1 aliphatic rings. The molecule has 0 atom stereocenters. The summed E-state index contributed by atoms with van der Waals surface area (Å²) >= 11 is 1.41. The molecule has 0 N–H and O–H groups in total. The average molecular weight is 363 g/mol. The Morgan fingerprint density at radius 3 is 3.08 bits per heavy atom. The Bertz CT molecular complexity index is 713. The third kappa shape index (κ3) is 4.46. The van der Waals surface area contributed by atoms with Crippen molar-refractivity contribution in [3.63, 3.8) is 0 Å². The number of nitrogens with zero attached hydrogens (tertiary/aromatic N) is 3. The maximum Gasteiger partial charge on any atom is 0.229 e. The molecule has 2 aromatic heterocycles. The van der Waals surface area contributed by atoms with Crippen molar-refractivity contribution in [3.8, 4) is 0 Å². The highest BCUT2D eigenvalue weighted by atomic mass is 32.1. The molecule has 0 bridgehead atoms. The van der Waals surface area contributed by atoms with Gasteiger partial charge in [0.15, 0.2) is 5.13 Å². The van der Waals surface area contributed by atoms with E-state index in [1.54, 1.807) is 29.2 Å². The molecule has 7 nitrogen and oxygen atoms in total. The molecule has 0 saturated carbocycles. The Morgan fingerprint density at radius 2 is 2.40 bits per heavy atom. The van der Waals surface area contributed by atoms with E-state index in [-0.39, 0.29) is 18.2 Å². The molecule has 0 radical (unpaired) electrons. The minimum absolute atomic E-state index is 0.0435. The predicted molar refractivity (Wildman–Crippen MR) is 93.4 cm³/mol. The van der Waals surface area contributed by atoms with Gasteiger partial charge >= 0.3 is 0 Å². The number of furan rings is 1. The summed E-state index contributed by atoms with van der Waals surface area (Å²) in [6.45, 7) is 2.05. The van der Waals surface area contributed by atoms with E-state index in [9.17, 15) is 9.59 Å². The third-order valence-electron chi connectivity index (χ3n) is 4.02. The van der Waals surface area contributed by atoms with Gasteiger partial charge < -0.3 is 14.1 Å². The summed E-state index contributed by atoms with van der Waals surface area (Å²) < 4.78 is 10.4. The third-order valence-corrected chi connectivity index (χ3v) is 4.93. The molecule has 2 amide bonds. The molecule has 3 rings (SSSR count). The second-order valence-electron chi connectivity index (χ2n) is 5.83. The second-order valence-corrected chi connectivity index (χ2v) is 6.67. The quantitative estimate of drug-likeness (QED) is 0.718. The Labute approximate surface area is 150 Å². The van der Waals surface area contributed by atoms with E-state index in [2.05, 4.69) is 4.98 Å². The van der Waals surface area contributed by atoms with Gasteiger partial charge in [0.1, 0.15) is 5.76 Å². The number of carbonyl (C=O) groups is 2. The lowest BCUT2D eigenvalue weighted by molar-refractivity contribution is -0.132. The molecule has 0 aliphatic carbocycles. The van der Waals surface area contributed by atoms with Crippen LogP contribution in [0.15, 0.2) is 28.2 Å². The number of rotatable bonds is 8. The van der Waals surface area contributed by atoms with Crippen molar-refractivity contribution in [2.75, 3.05) is 31.7 Å². The van der Waals surface area contributed by atoms with Crippen LogP contribution in [-0.2, 0) is 27.3 Å². The number of ether oxygens (including phenoxy) is 1. The number of hydrogen-bond acceptors (Lipinski definition) is 6. The van der Waals surface area contributed by atoms with E-state index in [0.717, 1.165) is 12.2 Å². The summed E-state index contributed by atoms with van der Waals surface area (Å²) in [5, 5.41) is 2.53. The summed E-state index contributed by atoms with van der Waals surface area (Å²) in [7, 11) is 1.61. The van der Waals surface area contributed by atoms with Crippen LogP contribution in [0, 0.1) is 0 Å². The minimum Gasteiger partial charge on any atom is -0.467 e. The predicted octanol–water partition coefficient (Wildman–Crippen LogP) is 2.08. The number of amides is 2. The van der Waals surface area contributed by atoms with Crippen molar-refractivity contribution < 1.29 is 18.7 Å². The summed E-state index contributed by atoms with van der Waals surface area (Å²) in [6.07, 6.45) is 3.22. The molecule has 8 heteroatoms. The molecule has 1 aliphatic heterocycles. The van der Waals surface area contributed by atoms with Crippen LogP contribution >= 0.6 is 11.3 Å². The van der Waals surface area contributed by atoms with Crippen LogP contribution in [0.5, 0.6) is 0 Å². The zero-order valence-electron chi connectivity index (χ0n) is 14.1. The molecule has 134 valence electrons. The van der Waals surface area contributed by atoms with E-state index in [0.29, 0.717) is 43.5 Å². The number of aromatic nitrogens is 1. The largest absolute Gasteiger partial charge is 0.467 e. The van der Waals surface area contributed by atoms with E-state index < -0.39 is 0 Å². The van der Waals surface area contributed by atoms with Gasteiger partial charge in [-0.1, -0.05) is 0 Å². The second kappa shape index (κ2) is 8.26. The van der Waals surface area contributed by atoms with Gasteiger partial charge in [-0.15, -0.1) is 11.3 Å². The molecule has 0 unspecified atom stereocenters. The Kier molecular flexibility index (Phi) is 5.83. The zero-order valence-corrected chi connectivity index (χ0v) is 15.0. The Hall–Kier alpha value is -2.19. The van der Waals surface area contributed by atoms with Crippen LogP contribution < -0.4 is 4.90 Å². The van der Waals surface area contributed by atoms with Crippen LogP contribution in [0.25, 0.3) is 0 Å². The minimum atomic E-state index is -0.0435. The van der Waals surface area contributed by atoms with Gasteiger partial charge in [-0.05, 0) is 18.6 Å². The Balaban J connectivity index is 1.64. The van der Waals surface area contributed by atoms with Gasteiger partial charge in [0.2, 0.25) is 11.8 Å². The summed E-state index contributed by atoms with van der Waals surface area (Å²) in [6, 6.07) is 3.64. The first-order chi connectivity index (χ1) is 12.2. The van der Waals surface area contributed by atoms with E-state index >= 15 is 0 Å². The fourth-order valence-corrected chi connectivity index (χ4v) is 3.57. The fourth-order valence-electron chi connectivity index (χ4n) is 2.70. The van der Waals surface area contributed by atoms with Crippen LogP contribution in [0.3, 0.4) is 0 Å². The van der Waals surface area contributed by atoms with Crippen molar-refractivity contribution in [1.82, 2.24) is 9.88 Å². The molecule has 0 spiro atoms. The highest BCUT2D eigenvalue weighted by Crippen LogP contribution is 2.25. The molecule has 3 heterocycles. The molecule has 1 fully saturated rings. The average Bonchev–Trinajstić information content (AvgIpc) is 3.33. The van der Waals surface area contributed by atoms with Gasteiger partial charge in [0.25, 0.3) is 0 Å². The molecular formula is C17H21N3O4S. The van der Waals surface area contributed by atoms with E-state index in [1.807, 2.05) is 11.4 Å². The zero-order chi connectivity index (χ0) is 17.6. The summed E-state index contributed by atoms with van der Waals surface area (Å²) in [5.74, 6) is 0.788. The number of methoxy groups -OCH3 is 1. The highest BCUT2D eigenvalue weighted by molar-refractivity contribution is 7.14. The molecule has 1 saturated heterocycles. The van der Waals surface area contributed by atoms with Crippen molar-refractivity contribution in [3.05, 3.63) is 35.2 Å². The standard InChI is InChI=1S/C17H21N3O4S/c1-23-9-7-19(11-14-4-3-8-24-14)16(22)10-13-12-25-17(18-13)20-6-2-5-15(20)21/h3-4,8,12H,2,5-7,9-11H2,1H3. The van der Waals surface area contributed by atoms with Crippen molar-refractivity contribution in [1.29, 1.82) is 0 Å². The van der Waals surface area contributed by atoms with Crippen molar-refractivity contribution in [2.45, 2.75) is 25.8 Å². The number of carbonyl (C=O) groups excluding carboxylic acids is 2. The smallest absolute Gasteiger partial charge is 0.229 e. The lowest BCUT2D eigenvalue weighted by Crippen LogP contribution is -2.34. The van der Waals surface area contributed by atoms with Gasteiger partial charge in [-0.2, -0.15) is 0 Å². The number of hydrogen-bond donors (Lipinski definition) is 0. The van der Waals surface area contributed by atoms with Crippen molar-refractivity contribution in [2.24, 2.45) is 0 Å². The molecule has 2 aromatic rings. The monoisotopic (exact) mass is 363 g/mol. The topological polar surface area (TPSA) is 75.9 Å². The van der Waals surface area contributed by atoms with Gasteiger partial charge in [-0.3, -0.25) is 14.5 Å². The van der Waals surface area contributed by atoms with Gasteiger partial charge in [0, 0.05) is 32.0 Å². The summed E-state index contributed by atoms with van der Waals surface area (Å²) in [4.78, 5) is 32.3. The maximum atomic E-state index is 12.7. The lowest BCUT2D eigenvalue weighted by Gasteiger charge is -2.21. The maximum absolute atomic E-state index is 12.7. The first-order valence-electron chi connectivity index (χ1n) is 8.21. The SMILES string of the molecule is COCCN(Cc1ccco1)C(=O)Cc1csc(N2CCCC2=O)n1. The highest BCUT2D eigenvalue weighted by Gasteiger charge is 2.25. The number of thiazole rings is 1. The fraction of sp³-hybridized carbons (Fsp3) is 0.471. The van der Waals surface area contributed by atoms with E-state index in [4.69, 9.17) is 9.15 Å². The normalized spacial score (nSPS) is 14.3. The first-order valence-corrected chi connectivity index (χ1v) is 9.09. The van der Waals surface area contributed by atoms with Crippen LogP contribution in [0.1, 0.15) is 24.3 Å². The van der Waals surface area contributed by atoms with Gasteiger partial charge in [-0.25, -0.2) is 4.98 Å². The van der Waals surface area contributed by atoms with Crippen LogP contribution in [0.2, 0.25) is 0 Å². The number of anilines is 1. The lowest BCUT2D eigenvalue weighted by atomic mass is 10.3. The molecular weight excluding hydrogens is 342 g/mol. The van der Waals surface area contributed by atoms with Crippen molar-refractivity contribution >= 4 is 28.3 Å². The molecule has 25 heavy (non-hydrogen) atoms.